The largest absolute Gasteiger partial charge is 0.486 e. The van der Waals surface area contributed by atoms with Crippen LogP contribution in [0.4, 0.5) is 10.1 Å². The summed E-state index contributed by atoms with van der Waals surface area (Å²) in [5.74, 6) is 0.321. The summed E-state index contributed by atoms with van der Waals surface area (Å²) < 4.78 is 52.4. The lowest BCUT2D eigenvalue weighted by molar-refractivity contribution is -0.119. The minimum atomic E-state index is -4.12. The molecule has 2 aromatic carbocycles. The summed E-state index contributed by atoms with van der Waals surface area (Å²) in [7, 11) is -4.12. The zero-order valence-electron chi connectivity index (χ0n) is 17.8. The Morgan fingerprint density at radius 2 is 1.69 bits per heavy atom. The van der Waals surface area contributed by atoms with Crippen LogP contribution in [0.25, 0.3) is 0 Å². The topological polar surface area (TPSA) is 84.9 Å². The number of benzene rings is 2. The molecule has 9 heteroatoms. The maximum absolute atomic E-state index is 13.5. The fourth-order valence-corrected chi connectivity index (χ4v) is 5.51. The van der Waals surface area contributed by atoms with Crippen molar-refractivity contribution in [2.24, 2.45) is 5.92 Å². The van der Waals surface area contributed by atoms with Crippen molar-refractivity contribution in [3.05, 3.63) is 48.3 Å². The van der Waals surface area contributed by atoms with Gasteiger partial charge in [-0.2, -0.15) is 0 Å². The third-order valence-corrected chi connectivity index (χ3v) is 7.59. The highest BCUT2D eigenvalue weighted by atomic mass is 32.2. The van der Waals surface area contributed by atoms with Crippen molar-refractivity contribution in [1.82, 2.24) is 5.32 Å². The van der Waals surface area contributed by atoms with E-state index in [1.165, 1.54) is 48.9 Å². The molecule has 1 aliphatic carbocycles. The number of amides is 1. The maximum Gasteiger partial charge on any atom is 0.264 e. The van der Waals surface area contributed by atoms with E-state index in [-0.39, 0.29) is 10.6 Å². The second kappa shape index (κ2) is 9.77. The number of nitrogens with zero attached hydrogens (tertiary/aromatic N) is 1. The Kier molecular flexibility index (Phi) is 6.83. The van der Waals surface area contributed by atoms with Gasteiger partial charge in [-0.25, -0.2) is 12.8 Å². The summed E-state index contributed by atoms with van der Waals surface area (Å²) in [6, 6.07) is 9.37. The quantitative estimate of drug-likeness (QED) is 0.681. The molecule has 7 nitrogen and oxygen atoms in total. The van der Waals surface area contributed by atoms with Gasteiger partial charge in [-0.1, -0.05) is 19.3 Å². The molecule has 1 saturated carbocycles. The van der Waals surface area contributed by atoms with Crippen LogP contribution in [-0.4, -0.2) is 40.6 Å². The van der Waals surface area contributed by atoms with Crippen molar-refractivity contribution < 1.29 is 27.1 Å². The minimum absolute atomic E-state index is 0.0360. The number of nitrogens with one attached hydrogen (secondary N) is 1. The Balaban J connectivity index is 1.57. The molecule has 0 aromatic heterocycles. The molecular weight excluding hydrogens is 435 g/mol. The highest BCUT2D eigenvalue weighted by molar-refractivity contribution is 7.92. The maximum atomic E-state index is 13.5. The zero-order valence-corrected chi connectivity index (χ0v) is 18.6. The minimum Gasteiger partial charge on any atom is -0.486 e. The second-order valence-electron chi connectivity index (χ2n) is 8.10. The van der Waals surface area contributed by atoms with Crippen LogP contribution in [0.1, 0.15) is 32.1 Å². The van der Waals surface area contributed by atoms with Crippen LogP contribution in [-0.2, 0) is 14.8 Å². The monoisotopic (exact) mass is 462 g/mol. The smallest absolute Gasteiger partial charge is 0.264 e. The summed E-state index contributed by atoms with van der Waals surface area (Å²) in [4.78, 5) is 12.7. The molecule has 2 aliphatic rings. The van der Waals surface area contributed by atoms with E-state index in [9.17, 15) is 17.6 Å². The van der Waals surface area contributed by atoms with Crippen LogP contribution < -0.4 is 19.1 Å². The van der Waals surface area contributed by atoms with Crippen LogP contribution in [0.2, 0.25) is 0 Å². The molecule has 172 valence electrons. The van der Waals surface area contributed by atoms with Crippen molar-refractivity contribution >= 4 is 21.6 Å². The van der Waals surface area contributed by atoms with Gasteiger partial charge in [-0.3, -0.25) is 9.10 Å². The van der Waals surface area contributed by atoms with E-state index in [1.54, 1.807) is 0 Å². The van der Waals surface area contributed by atoms with E-state index < -0.39 is 28.3 Å². The first-order chi connectivity index (χ1) is 15.4. The molecule has 0 radical (unpaired) electrons. The third-order valence-electron chi connectivity index (χ3n) is 5.82. The molecule has 0 atom stereocenters. The number of ether oxygens (including phenoxy) is 2. The summed E-state index contributed by atoms with van der Waals surface area (Å²) >= 11 is 0. The van der Waals surface area contributed by atoms with Crippen LogP contribution in [0.15, 0.2) is 47.4 Å². The van der Waals surface area contributed by atoms with E-state index in [0.29, 0.717) is 37.2 Å². The third kappa shape index (κ3) is 5.15. The SMILES string of the molecule is O=C(CN(c1ccc(F)cc1)S(=O)(=O)c1ccc2c(c1)OCCO2)NCC1CCCCC1. The molecule has 4 rings (SSSR count). The van der Waals surface area contributed by atoms with Crippen molar-refractivity contribution in [3.8, 4) is 11.5 Å². The van der Waals surface area contributed by atoms with Gasteiger partial charge in [0.1, 0.15) is 25.6 Å². The molecule has 1 N–H and O–H groups in total. The van der Waals surface area contributed by atoms with Gasteiger partial charge in [0, 0.05) is 12.6 Å². The molecule has 32 heavy (non-hydrogen) atoms. The second-order valence-corrected chi connectivity index (χ2v) is 9.96. The molecule has 0 bridgehead atoms. The summed E-state index contributed by atoms with van der Waals surface area (Å²) in [6.45, 7) is 0.832. The number of halogens is 1. The highest BCUT2D eigenvalue weighted by Gasteiger charge is 2.29. The molecule has 2 aromatic rings. The van der Waals surface area contributed by atoms with Crippen LogP contribution in [0.3, 0.4) is 0 Å². The number of rotatable bonds is 7. The van der Waals surface area contributed by atoms with E-state index in [2.05, 4.69) is 5.32 Å². The van der Waals surface area contributed by atoms with Gasteiger partial charge in [0.15, 0.2) is 11.5 Å². The van der Waals surface area contributed by atoms with Gasteiger partial charge in [0.25, 0.3) is 10.0 Å². The number of hydrogen-bond acceptors (Lipinski definition) is 5. The van der Waals surface area contributed by atoms with Gasteiger partial charge in [-0.05, 0) is 55.2 Å². The molecular formula is C23H27FN2O5S. The van der Waals surface area contributed by atoms with Crippen molar-refractivity contribution in [2.45, 2.75) is 37.0 Å². The van der Waals surface area contributed by atoms with Gasteiger partial charge >= 0.3 is 0 Å². The first-order valence-corrected chi connectivity index (χ1v) is 12.3. The molecule has 0 unspecified atom stereocenters. The molecule has 1 aliphatic heterocycles. The van der Waals surface area contributed by atoms with Crippen molar-refractivity contribution in [3.63, 3.8) is 0 Å². The number of anilines is 1. The molecule has 0 spiro atoms. The van der Waals surface area contributed by atoms with E-state index >= 15 is 0 Å². The summed E-state index contributed by atoms with van der Waals surface area (Å²) in [6.07, 6.45) is 5.66. The van der Waals surface area contributed by atoms with Gasteiger partial charge in [-0.15, -0.1) is 0 Å². The fraction of sp³-hybridized carbons (Fsp3) is 0.435. The first kappa shape index (κ1) is 22.4. The standard InChI is InChI=1S/C23H27FN2O5S/c24-18-6-8-19(9-7-18)26(16-23(27)25-15-17-4-2-1-3-5-17)32(28,29)20-10-11-21-22(14-20)31-13-12-30-21/h6-11,14,17H,1-5,12-13,15-16H2,(H,25,27). The predicted octanol–water partition coefficient (Wildman–Crippen LogP) is 3.49. The average Bonchev–Trinajstić information content (AvgIpc) is 2.82. The van der Waals surface area contributed by atoms with E-state index in [0.717, 1.165) is 30.0 Å². The summed E-state index contributed by atoms with van der Waals surface area (Å²) in [5, 5.41) is 2.87. The van der Waals surface area contributed by atoms with Crippen LogP contribution >= 0.6 is 0 Å². The Hall–Kier alpha value is -2.81. The lowest BCUT2D eigenvalue weighted by Gasteiger charge is -2.26. The van der Waals surface area contributed by atoms with Gasteiger partial charge < -0.3 is 14.8 Å². The lowest BCUT2D eigenvalue weighted by Crippen LogP contribution is -2.42. The van der Waals surface area contributed by atoms with Crippen LogP contribution in [0, 0.1) is 11.7 Å². The summed E-state index contributed by atoms with van der Waals surface area (Å²) in [5.41, 5.74) is 0.203. The Morgan fingerprint density at radius 1 is 1.00 bits per heavy atom. The normalized spacial score (nSPS) is 16.4. The first-order valence-electron chi connectivity index (χ1n) is 10.9. The lowest BCUT2D eigenvalue weighted by atomic mass is 9.89. The van der Waals surface area contributed by atoms with E-state index in [1.807, 2.05) is 0 Å². The predicted molar refractivity (Wildman–Crippen MR) is 118 cm³/mol. The Bertz CT molecular complexity index is 1050. The zero-order chi connectivity index (χ0) is 22.6. The number of carbonyl (C=O) groups excluding carboxylic acids is 1. The highest BCUT2D eigenvalue weighted by Crippen LogP contribution is 2.34. The Labute approximate surface area is 187 Å². The van der Waals surface area contributed by atoms with Crippen molar-refractivity contribution in [2.75, 3.05) is 30.6 Å². The Morgan fingerprint density at radius 3 is 2.41 bits per heavy atom. The molecule has 1 fully saturated rings. The molecule has 0 saturated heterocycles. The van der Waals surface area contributed by atoms with Crippen LogP contribution in [0.5, 0.6) is 11.5 Å². The number of carbonyl (C=O) groups is 1. The van der Waals surface area contributed by atoms with Crippen molar-refractivity contribution in [1.29, 1.82) is 0 Å². The number of fused-ring (bicyclic) bond motifs is 1. The molecule has 1 amide bonds. The van der Waals surface area contributed by atoms with Gasteiger partial charge in [0.2, 0.25) is 5.91 Å². The van der Waals surface area contributed by atoms with E-state index in [4.69, 9.17) is 9.47 Å². The fourth-order valence-electron chi connectivity index (χ4n) is 4.07. The molecule has 1 heterocycles. The average molecular weight is 463 g/mol. The van der Waals surface area contributed by atoms with Gasteiger partial charge in [0.05, 0.1) is 10.6 Å². The number of hydrogen-bond donors (Lipinski definition) is 1. The number of sulfonamides is 1.